The number of anilines is 2. The van der Waals surface area contributed by atoms with Crippen molar-refractivity contribution in [3.8, 4) is 23.0 Å². The van der Waals surface area contributed by atoms with Gasteiger partial charge in [0.15, 0.2) is 11.5 Å². The van der Waals surface area contributed by atoms with E-state index in [1.807, 2.05) is 13.0 Å². The number of carbonyl (C=O) groups excluding carboxylic acids is 2. The van der Waals surface area contributed by atoms with Crippen molar-refractivity contribution in [2.45, 2.75) is 18.0 Å². The third kappa shape index (κ3) is 11.1. The van der Waals surface area contributed by atoms with Crippen LogP contribution in [0.5, 0.6) is 23.0 Å². The number of hydrogen-bond acceptors (Lipinski definition) is 10. The van der Waals surface area contributed by atoms with Crippen molar-refractivity contribution in [2.24, 2.45) is 0 Å². The first-order valence-electron chi connectivity index (χ1n) is 16.2. The Morgan fingerprint density at radius 1 is 0.661 bits per heavy atom. The average Bonchev–Trinajstić information content (AvgIpc) is 3.15. The van der Waals surface area contributed by atoms with E-state index in [1.165, 1.54) is 87.9 Å². The zero-order valence-electron chi connectivity index (χ0n) is 29.7. The molecule has 2 amide bonds. The van der Waals surface area contributed by atoms with Crippen LogP contribution in [-0.4, -0.2) is 58.6 Å². The highest BCUT2D eigenvalue weighted by atomic mass is 32.2. The number of carbonyl (C=O) groups is 2. The molecule has 18 heteroatoms. The fourth-order valence-electron chi connectivity index (χ4n) is 4.74. The first-order chi connectivity index (χ1) is 26.6. The largest absolute Gasteiger partial charge is 0.454 e. The second-order valence-corrected chi connectivity index (χ2v) is 14.0. The van der Waals surface area contributed by atoms with Crippen LogP contribution in [0.25, 0.3) is 0 Å². The molecule has 288 valence electrons. The van der Waals surface area contributed by atoms with Crippen molar-refractivity contribution in [3.63, 3.8) is 0 Å². The Balaban J connectivity index is 0.000000215. The lowest BCUT2D eigenvalue weighted by Crippen LogP contribution is -2.22. The van der Waals surface area contributed by atoms with Gasteiger partial charge >= 0.3 is 6.18 Å². The standard InChI is InChI=1S/C19H14F3N3O2.C19H17FN4O4S/c1-12-3-2-4-13(5-12)18(26)25-15-6-14(19(20,21)22)7-16(8-15)27-17-9-23-11-24-10-17;1-24(2)29(26,27)18-5-3-4-13(6-18)19(25)23-15-7-14(20)8-16(9-15)28-17-10-21-12-22-11-17/h2-11H,1H3,(H,25,26);3-12H,1-2H3,(H,23,25). The number of ether oxygens (including phenoxy) is 2. The van der Waals surface area contributed by atoms with Crippen LogP contribution in [-0.2, 0) is 16.2 Å². The van der Waals surface area contributed by atoms with Gasteiger partial charge in [0.05, 0.1) is 35.2 Å². The van der Waals surface area contributed by atoms with Crippen molar-refractivity contribution in [2.75, 3.05) is 24.7 Å². The van der Waals surface area contributed by atoms with E-state index in [4.69, 9.17) is 9.47 Å². The monoisotopic (exact) mass is 789 g/mol. The number of hydrogen-bond donors (Lipinski definition) is 2. The Hall–Kier alpha value is -6.79. The molecule has 0 bridgehead atoms. The lowest BCUT2D eigenvalue weighted by atomic mass is 10.1. The summed E-state index contributed by atoms with van der Waals surface area (Å²) in [5, 5.41) is 5.01. The molecule has 56 heavy (non-hydrogen) atoms. The van der Waals surface area contributed by atoms with E-state index in [-0.39, 0.29) is 39.1 Å². The molecule has 2 N–H and O–H groups in total. The van der Waals surface area contributed by atoms with Crippen molar-refractivity contribution in [1.29, 1.82) is 0 Å². The molecule has 13 nitrogen and oxygen atoms in total. The smallest absolute Gasteiger partial charge is 0.416 e. The molecule has 0 aliphatic rings. The first-order valence-corrected chi connectivity index (χ1v) is 17.6. The molecule has 4 aromatic carbocycles. The van der Waals surface area contributed by atoms with Gasteiger partial charge < -0.3 is 20.1 Å². The molecule has 6 aromatic rings. The van der Waals surface area contributed by atoms with E-state index >= 15 is 0 Å². The summed E-state index contributed by atoms with van der Waals surface area (Å²) in [6.07, 6.45) is 3.45. The molecule has 2 aromatic heterocycles. The van der Waals surface area contributed by atoms with Gasteiger partial charge in [-0.3, -0.25) is 9.59 Å². The van der Waals surface area contributed by atoms with E-state index in [2.05, 4.69) is 30.6 Å². The third-order valence-corrected chi connectivity index (χ3v) is 9.13. The predicted molar refractivity (Wildman–Crippen MR) is 196 cm³/mol. The number of halogens is 4. The molecular weight excluding hydrogens is 759 g/mol. The van der Waals surface area contributed by atoms with Crippen LogP contribution in [0.1, 0.15) is 31.8 Å². The minimum absolute atomic E-state index is 0.0255. The summed E-state index contributed by atoms with van der Waals surface area (Å²) in [4.78, 5) is 39.9. The maximum atomic E-state index is 13.9. The lowest BCUT2D eigenvalue weighted by molar-refractivity contribution is -0.137. The van der Waals surface area contributed by atoms with Crippen LogP contribution < -0.4 is 20.1 Å². The van der Waals surface area contributed by atoms with Crippen LogP contribution in [0.4, 0.5) is 28.9 Å². The van der Waals surface area contributed by atoms with E-state index in [1.54, 1.807) is 18.2 Å². The van der Waals surface area contributed by atoms with Gasteiger partial charge in [0, 0.05) is 54.8 Å². The fourth-order valence-corrected chi connectivity index (χ4v) is 5.69. The fraction of sp³-hybridized carbons (Fsp3) is 0.105. The van der Waals surface area contributed by atoms with Gasteiger partial charge in [0.25, 0.3) is 11.8 Å². The zero-order valence-corrected chi connectivity index (χ0v) is 30.5. The SMILES string of the molecule is CN(C)S(=O)(=O)c1cccc(C(=O)Nc2cc(F)cc(Oc3cncnc3)c2)c1.Cc1cccc(C(=O)Nc2cc(Oc3cncnc3)cc(C(F)(F)F)c2)c1. The Morgan fingerprint density at radius 3 is 1.68 bits per heavy atom. The Morgan fingerprint density at radius 2 is 1.16 bits per heavy atom. The molecular formula is C38H31F4N7O6S. The minimum atomic E-state index is -4.60. The van der Waals surface area contributed by atoms with Gasteiger partial charge in [-0.05, 0) is 55.5 Å². The summed E-state index contributed by atoms with van der Waals surface area (Å²) in [5.41, 5.74) is 0.463. The normalized spacial score (nSPS) is 11.2. The summed E-state index contributed by atoms with van der Waals surface area (Å²) in [5.74, 6) is -1.23. The van der Waals surface area contributed by atoms with Crippen LogP contribution in [0.15, 0.2) is 127 Å². The van der Waals surface area contributed by atoms with Gasteiger partial charge in [-0.2, -0.15) is 13.2 Å². The molecule has 0 saturated heterocycles. The number of nitrogens with one attached hydrogen (secondary N) is 2. The number of rotatable bonds is 10. The molecule has 0 aliphatic carbocycles. The summed E-state index contributed by atoms with van der Waals surface area (Å²) in [6, 6.07) is 19.0. The number of aromatic nitrogens is 4. The molecule has 0 aliphatic heterocycles. The summed E-state index contributed by atoms with van der Waals surface area (Å²) in [7, 11) is -0.898. The molecule has 6 rings (SSSR count). The highest BCUT2D eigenvalue weighted by Crippen LogP contribution is 2.35. The Kier molecular flexibility index (Phi) is 12.7. The van der Waals surface area contributed by atoms with Crippen molar-refractivity contribution < 1.29 is 45.0 Å². The van der Waals surface area contributed by atoms with E-state index in [0.717, 1.165) is 34.1 Å². The summed E-state index contributed by atoms with van der Waals surface area (Å²) < 4.78 is 90.0. The van der Waals surface area contributed by atoms with Crippen LogP contribution in [0.3, 0.4) is 0 Å². The molecule has 0 saturated carbocycles. The highest BCUT2D eigenvalue weighted by molar-refractivity contribution is 7.89. The lowest BCUT2D eigenvalue weighted by Gasteiger charge is -2.13. The number of benzene rings is 4. The Labute approximate surface area is 318 Å². The molecule has 0 atom stereocenters. The molecule has 0 radical (unpaired) electrons. The van der Waals surface area contributed by atoms with E-state index in [9.17, 15) is 35.6 Å². The molecule has 0 unspecified atom stereocenters. The minimum Gasteiger partial charge on any atom is -0.454 e. The van der Waals surface area contributed by atoms with Gasteiger partial charge in [-0.1, -0.05) is 23.8 Å². The predicted octanol–water partition coefficient (Wildman–Crippen LogP) is 7.76. The van der Waals surface area contributed by atoms with Gasteiger partial charge in [0.2, 0.25) is 10.0 Å². The number of aryl methyl sites for hydroxylation is 1. The van der Waals surface area contributed by atoms with Crippen molar-refractivity contribution in [3.05, 3.63) is 150 Å². The average molecular weight is 790 g/mol. The third-order valence-electron chi connectivity index (χ3n) is 7.32. The Bertz CT molecular complexity index is 2440. The first kappa shape index (κ1) is 40.4. The van der Waals surface area contributed by atoms with Crippen molar-refractivity contribution >= 4 is 33.2 Å². The quantitative estimate of drug-likeness (QED) is 0.131. The maximum absolute atomic E-state index is 13.9. The van der Waals surface area contributed by atoms with Crippen LogP contribution in [0.2, 0.25) is 0 Å². The number of nitrogens with zero attached hydrogens (tertiary/aromatic N) is 5. The van der Waals surface area contributed by atoms with Crippen LogP contribution in [0, 0.1) is 12.7 Å². The second-order valence-electron chi connectivity index (χ2n) is 11.9. The van der Waals surface area contributed by atoms with Gasteiger partial charge in [-0.25, -0.2) is 37.0 Å². The number of sulfonamides is 1. The number of amides is 2. The number of alkyl halides is 3. The summed E-state index contributed by atoms with van der Waals surface area (Å²) in [6.45, 7) is 1.81. The second kappa shape index (κ2) is 17.6. The van der Waals surface area contributed by atoms with E-state index < -0.39 is 39.4 Å². The highest BCUT2D eigenvalue weighted by Gasteiger charge is 2.32. The maximum Gasteiger partial charge on any atom is 0.416 e. The summed E-state index contributed by atoms with van der Waals surface area (Å²) >= 11 is 0. The zero-order chi connectivity index (χ0) is 40.5. The topological polar surface area (TPSA) is 166 Å². The molecule has 0 fully saturated rings. The van der Waals surface area contributed by atoms with E-state index in [0.29, 0.717) is 11.3 Å². The van der Waals surface area contributed by atoms with Crippen LogP contribution >= 0.6 is 0 Å². The van der Waals surface area contributed by atoms with Gasteiger partial charge in [-0.15, -0.1) is 0 Å². The molecule has 2 heterocycles. The van der Waals surface area contributed by atoms with Gasteiger partial charge in [0.1, 0.15) is 30.0 Å². The molecule has 0 spiro atoms. The van der Waals surface area contributed by atoms with Crippen molar-refractivity contribution in [1.82, 2.24) is 24.2 Å².